The van der Waals surface area contributed by atoms with Gasteiger partial charge in [-0.25, -0.2) is 0 Å². The van der Waals surface area contributed by atoms with Crippen LogP contribution in [0.2, 0.25) is 0 Å². The maximum Gasteiger partial charge on any atom is 0.309 e. The highest BCUT2D eigenvalue weighted by Gasteiger charge is 2.28. The highest BCUT2D eigenvalue weighted by molar-refractivity contribution is 5.86. The molecule has 1 aliphatic rings. The molecule has 1 N–H and O–H groups in total. The van der Waals surface area contributed by atoms with E-state index in [0.29, 0.717) is 0 Å². The maximum absolute atomic E-state index is 12.2. The molecule has 6 heteroatoms. The molecule has 1 saturated carbocycles. The van der Waals surface area contributed by atoms with Gasteiger partial charge in [-0.3, -0.25) is 14.4 Å². The standard InChI is InChI=1S/C20H36N2O4/c1-6-7-8-15-9-11-16(12-10-15)19(25)26-14-18(24)22(5)13-17(23)21-20(2,3)4/h15-16H,6-14H2,1-5H3,(H,21,23). The third-order valence-electron chi connectivity index (χ3n) is 4.80. The molecule has 0 spiro atoms. The highest BCUT2D eigenvalue weighted by Crippen LogP contribution is 2.32. The summed E-state index contributed by atoms with van der Waals surface area (Å²) < 4.78 is 5.20. The van der Waals surface area contributed by atoms with Crippen molar-refractivity contribution in [2.24, 2.45) is 11.8 Å². The van der Waals surface area contributed by atoms with E-state index in [2.05, 4.69) is 12.2 Å². The Labute approximate surface area is 158 Å². The lowest BCUT2D eigenvalue weighted by Crippen LogP contribution is -2.47. The number of rotatable bonds is 8. The van der Waals surface area contributed by atoms with Crippen molar-refractivity contribution in [1.29, 1.82) is 0 Å². The number of likely N-dealkylation sites (N-methyl/N-ethyl adjacent to an activating group) is 1. The van der Waals surface area contributed by atoms with E-state index in [4.69, 9.17) is 4.74 Å². The number of amides is 2. The van der Waals surface area contributed by atoms with Gasteiger partial charge >= 0.3 is 5.97 Å². The van der Waals surface area contributed by atoms with E-state index in [0.717, 1.165) is 31.6 Å². The van der Waals surface area contributed by atoms with Gasteiger partial charge in [0.25, 0.3) is 5.91 Å². The molecule has 1 aliphatic carbocycles. The van der Waals surface area contributed by atoms with Crippen molar-refractivity contribution in [3.05, 3.63) is 0 Å². The summed E-state index contributed by atoms with van der Waals surface area (Å²) in [5.41, 5.74) is -0.344. The van der Waals surface area contributed by atoms with Crippen molar-refractivity contribution in [3.8, 4) is 0 Å². The number of nitrogens with one attached hydrogen (secondary N) is 1. The normalized spacial score (nSPS) is 20.3. The zero-order chi connectivity index (χ0) is 19.7. The van der Waals surface area contributed by atoms with Crippen LogP contribution < -0.4 is 5.32 Å². The largest absolute Gasteiger partial charge is 0.455 e. The van der Waals surface area contributed by atoms with Gasteiger partial charge in [-0.1, -0.05) is 26.2 Å². The number of hydrogen-bond acceptors (Lipinski definition) is 4. The van der Waals surface area contributed by atoms with Crippen LogP contribution in [-0.4, -0.2) is 48.4 Å². The quantitative estimate of drug-likeness (QED) is 0.669. The molecule has 2 amide bonds. The fraction of sp³-hybridized carbons (Fsp3) is 0.850. The first-order valence-electron chi connectivity index (χ1n) is 9.84. The van der Waals surface area contributed by atoms with Crippen LogP contribution in [-0.2, 0) is 19.1 Å². The van der Waals surface area contributed by atoms with E-state index in [1.165, 1.54) is 31.2 Å². The SMILES string of the molecule is CCCCC1CCC(C(=O)OCC(=O)N(C)CC(=O)NC(C)(C)C)CC1. The van der Waals surface area contributed by atoms with Crippen molar-refractivity contribution in [1.82, 2.24) is 10.2 Å². The molecule has 0 unspecified atom stereocenters. The minimum absolute atomic E-state index is 0.0454. The summed E-state index contributed by atoms with van der Waals surface area (Å²) in [6.45, 7) is 7.50. The summed E-state index contributed by atoms with van der Waals surface area (Å²) in [6.07, 6.45) is 7.56. The molecule has 0 aromatic carbocycles. The van der Waals surface area contributed by atoms with Gasteiger partial charge < -0.3 is 15.0 Å². The minimum Gasteiger partial charge on any atom is -0.455 e. The second-order valence-corrected chi connectivity index (χ2v) is 8.52. The predicted octanol–water partition coefficient (Wildman–Crippen LogP) is 2.90. The smallest absolute Gasteiger partial charge is 0.309 e. The summed E-state index contributed by atoms with van der Waals surface area (Å²) in [4.78, 5) is 37.4. The fourth-order valence-corrected chi connectivity index (χ4v) is 3.30. The number of unbranched alkanes of at least 4 members (excludes halogenated alkanes) is 1. The van der Waals surface area contributed by atoms with E-state index in [-0.39, 0.29) is 42.4 Å². The Morgan fingerprint density at radius 3 is 2.27 bits per heavy atom. The van der Waals surface area contributed by atoms with Crippen LogP contribution in [0, 0.1) is 11.8 Å². The van der Waals surface area contributed by atoms with Crippen LogP contribution in [0.25, 0.3) is 0 Å². The van der Waals surface area contributed by atoms with Crippen LogP contribution in [0.1, 0.15) is 72.6 Å². The number of esters is 1. The van der Waals surface area contributed by atoms with Crippen molar-refractivity contribution in [2.45, 2.75) is 78.2 Å². The maximum atomic E-state index is 12.2. The van der Waals surface area contributed by atoms with Gasteiger partial charge in [0, 0.05) is 12.6 Å². The Kier molecular flexibility index (Phi) is 9.09. The molecule has 0 radical (unpaired) electrons. The van der Waals surface area contributed by atoms with Crippen molar-refractivity contribution in [2.75, 3.05) is 20.2 Å². The van der Waals surface area contributed by atoms with Crippen molar-refractivity contribution in [3.63, 3.8) is 0 Å². The Balaban J connectivity index is 2.29. The number of hydrogen-bond donors (Lipinski definition) is 1. The monoisotopic (exact) mass is 368 g/mol. The zero-order valence-corrected chi connectivity index (χ0v) is 17.1. The average Bonchev–Trinajstić information content (AvgIpc) is 2.56. The van der Waals surface area contributed by atoms with Crippen LogP contribution in [0.5, 0.6) is 0 Å². The van der Waals surface area contributed by atoms with E-state index in [9.17, 15) is 14.4 Å². The molecule has 26 heavy (non-hydrogen) atoms. The number of ether oxygens (including phenoxy) is 1. The second kappa shape index (κ2) is 10.5. The first kappa shape index (κ1) is 22.5. The molecule has 150 valence electrons. The van der Waals surface area contributed by atoms with Crippen LogP contribution in [0.15, 0.2) is 0 Å². The van der Waals surface area contributed by atoms with E-state index >= 15 is 0 Å². The first-order valence-corrected chi connectivity index (χ1v) is 9.84. The molecule has 0 bridgehead atoms. The first-order chi connectivity index (χ1) is 12.1. The zero-order valence-electron chi connectivity index (χ0n) is 17.1. The molecule has 1 rings (SSSR count). The van der Waals surface area contributed by atoms with E-state index in [1.807, 2.05) is 20.8 Å². The lowest BCUT2D eigenvalue weighted by Gasteiger charge is -2.27. The predicted molar refractivity (Wildman–Crippen MR) is 101 cm³/mol. The van der Waals surface area contributed by atoms with Gasteiger partial charge in [-0.15, -0.1) is 0 Å². The Morgan fingerprint density at radius 1 is 1.12 bits per heavy atom. The molecule has 0 aromatic heterocycles. The molecular formula is C20H36N2O4. The van der Waals surface area contributed by atoms with Gasteiger partial charge in [0.2, 0.25) is 5.91 Å². The molecule has 0 saturated heterocycles. The lowest BCUT2D eigenvalue weighted by molar-refractivity contribution is -0.156. The van der Waals surface area contributed by atoms with Crippen LogP contribution >= 0.6 is 0 Å². The van der Waals surface area contributed by atoms with Crippen molar-refractivity contribution < 1.29 is 19.1 Å². The summed E-state index contributed by atoms with van der Waals surface area (Å²) >= 11 is 0. The number of carbonyl (C=O) groups excluding carboxylic acids is 3. The number of carbonyl (C=O) groups is 3. The lowest BCUT2D eigenvalue weighted by atomic mass is 9.80. The molecule has 0 aromatic rings. The van der Waals surface area contributed by atoms with Gasteiger partial charge in [0.1, 0.15) is 0 Å². The Bertz CT molecular complexity index is 477. The average molecular weight is 369 g/mol. The molecule has 1 fully saturated rings. The number of nitrogens with zero attached hydrogens (tertiary/aromatic N) is 1. The molecule has 0 heterocycles. The Morgan fingerprint density at radius 2 is 1.73 bits per heavy atom. The Hall–Kier alpha value is -1.59. The topological polar surface area (TPSA) is 75.7 Å². The van der Waals surface area contributed by atoms with Crippen molar-refractivity contribution >= 4 is 17.8 Å². The van der Waals surface area contributed by atoms with Crippen LogP contribution in [0.4, 0.5) is 0 Å². The van der Waals surface area contributed by atoms with Gasteiger partial charge in [-0.05, 0) is 52.4 Å². The molecule has 0 atom stereocenters. The van der Waals surface area contributed by atoms with Crippen LogP contribution in [0.3, 0.4) is 0 Å². The van der Waals surface area contributed by atoms with E-state index in [1.54, 1.807) is 0 Å². The molecule has 0 aliphatic heterocycles. The fourth-order valence-electron chi connectivity index (χ4n) is 3.30. The highest BCUT2D eigenvalue weighted by atomic mass is 16.5. The van der Waals surface area contributed by atoms with Gasteiger partial charge in [-0.2, -0.15) is 0 Å². The third-order valence-corrected chi connectivity index (χ3v) is 4.80. The summed E-state index contributed by atoms with van der Waals surface area (Å²) in [5, 5.41) is 2.80. The van der Waals surface area contributed by atoms with Gasteiger partial charge in [0.05, 0.1) is 12.5 Å². The van der Waals surface area contributed by atoms with Gasteiger partial charge in [0.15, 0.2) is 6.61 Å². The molecular weight excluding hydrogens is 332 g/mol. The summed E-state index contributed by atoms with van der Waals surface area (Å²) in [5.74, 6) is -0.229. The third kappa shape index (κ3) is 8.68. The minimum atomic E-state index is -0.362. The summed E-state index contributed by atoms with van der Waals surface area (Å²) in [6, 6.07) is 0. The summed E-state index contributed by atoms with van der Waals surface area (Å²) in [7, 11) is 1.54. The second-order valence-electron chi connectivity index (χ2n) is 8.52. The molecule has 6 nitrogen and oxygen atoms in total. The van der Waals surface area contributed by atoms with E-state index < -0.39 is 0 Å².